The number of piperidine rings is 1. The van der Waals surface area contributed by atoms with Gasteiger partial charge in [-0.3, -0.25) is 14.6 Å². The molecule has 0 saturated carbocycles. The zero-order chi connectivity index (χ0) is 25.4. The van der Waals surface area contributed by atoms with E-state index < -0.39 is 0 Å². The van der Waals surface area contributed by atoms with Crippen molar-refractivity contribution in [3.05, 3.63) is 66.2 Å². The van der Waals surface area contributed by atoms with E-state index in [0.717, 1.165) is 57.6 Å². The summed E-state index contributed by atoms with van der Waals surface area (Å²) < 4.78 is 0. The summed E-state index contributed by atoms with van der Waals surface area (Å²) in [6, 6.07) is 12.4. The minimum absolute atomic E-state index is 0.0787. The Kier molecular flexibility index (Phi) is 6.31. The third kappa shape index (κ3) is 4.49. The van der Waals surface area contributed by atoms with Crippen molar-refractivity contribution in [2.24, 2.45) is 0 Å². The van der Waals surface area contributed by atoms with E-state index in [1.165, 1.54) is 0 Å². The van der Waals surface area contributed by atoms with Gasteiger partial charge in [0, 0.05) is 79.1 Å². The Morgan fingerprint density at radius 3 is 2.47 bits per heavy atom. The van der Waals surface area contributed by atoms with Gasteiger partial charge in [0.15, 0.2) is 5.78 Å². The molecule has 1 aromatic carbocycles. The maximum Gasteiger partial charge on any atom is 0.254 e. The van der Waals surface area contributed by atoms with Crippen molar-refractivity contribution >= 4 is 28.4 Å². The van der Waals surface area contributed by atoms with Crippen LogP contribution in [0.25, 0.3) is 33.3 Å². The molecule has 1 N–H and O–H groups in total. The number of fused-ring (bicyclic) bond motifs is 1. The van der Waals surface area contributed by atoms with Crippen LogP contribution in [0.15, 0.2) is 55.0 Å². The van der Waals surface area contributed by atoms with Gasteiger partial charge >= 0.3 is 0 Å². The molecule has 7 heteroatoms. The van der Waals surface area contributed by atoms with Crippen LogP contribution in [0.5, 0.6) is 0 Å². The molecule has 1 aliphatic heterocycles. The quantitative estimate of drug-likeness (QED) is 0.419. The van der Waals surface area contributed by atoms with Crippen molar-refractivity contribution in [2.45, 2.75) is 32.6 Å². The Balaban J connectivity index is 1.54. The molecule has 36 heavy (non-hydrogen) atoms. The number of carbonyl (C=O) groups is 2. The van der Waals surface area contributed by atoms with Crippen LogP contribution in [0.4, 0.5) is 5.69 Å². The highest BCUT2D eigenvalue weighted by atomic mass is 16.2. The van der Waals surface area contributed by atoms with Gasteiger partial charge in [-0.25, -0.2) is 4.98 Å². The number of H-pyrrole nitrogens is 1. The van der Waals surface area contributed by atoms with Gasteiger partial charge < -0.3 is 14.8 Å². The van der Waals surface area contributed by atoms with Crippen LogP contribution in [-0.4, -0.2) is 58.7 Å². The van der Waals surface area contributed by atoms with E-state index in [4.69, 9.17) is 0 Å². The number of pyridine rings is 2. The highest BCUT2D eigenvalue weighted by Gasteiger charge is 2.20. The lowest BCUT2D eigenvalue weighted by molar-refractivity contribution is -0.118. The van der Waals surface area contributed by atoms with Crippen LogP contribution in [-0.2, 0) is 4.79 Å². The lowest BCUT2D eigenvalue weighted by atomic mass is 9.96. The van der Waals surface area contributed by atoms with Crippen LogP contribution >= 0.6 is 0 Å². The lowest BCUT2D eigenvalue weighted by Crippen LogP contribution is -2.35. The number of amides is 1. The number of Topliss-reactive ketones (excluding diaryl/α,β-unsaturated/α-hetero) is 1. The van der Waals surface area contributed by atoms with Crippen molar-refractivity contribution in [1.82, 2.24) is 19.9 Å². The number of rotatable bonds is 5. The minimum atomic E-state index is -0.0787. The van der Waals surface area contributed by atoms with Crippen LogP contribution in [0, 0.1) is 0 Å². The van der Waals surface area contributed by atoms with E-state index in [2.05, 4.69) is 64.0 Å². The number of hydrogen-bond acceptors (Lipinski definition) is 5. The predicted molar refractivity (Wildman–Crippen MR) is 143 cm³/mol. The molecule has 5 rings (SSSR count). The first-order chi connectivity index (χ1) is 17.3. The molecule has 0 aliphatic carbocycles. The zero-order valence-corrected chi connectivity index (χ0v) is 21.2. The smallest absolute Gasteiger partial charge is 0.254 e. The van der Waals surface area contributed by atoms with Crippen molar-refractivity contribution in [3.8, 4) is 22.3 Å². The van der Waals surface area contributed by atoms with E-state index in [1.807, 2.05) is 18.5 Å². The number of ketones is 1. The van der Waals surface area contributed by atoms with Gasteiger partial charge in [-0.2, -0.15) is 0 Å². The van der Waals surface area contributed by atoms with Gasteiger partial charge in [0.25, 0.3) is 5.91 Å². The fraction of sp³-hybridized carbons (Fsp3) is 0.310. The highest BCUT2D eigenvalue weighted by Crippen LogP contribution is 2.37. The molecule has 0 atom stereocenters. The van der Waals surface area contributed by atoms with Gasteiger partial charge in [-0.05, 0) is 42.2 Å². The number of nitrogens with zero attached hydrogens (tertiary/aromatic N) is 4. The second-order valence-corrected chi connectivity index (χ2v) is 9.96. The number of anilines is 1. The summed E-state index contributed by atoms with van der Waals surface area (Å²) in [5.41, 5.74) is 7.52. The summed E-state index contributed by atoms with van der Waals surface area (Å²) in [5, 5.41) is 0.912. The Labute approximate surface area is 211 Å². The number of nitrogens with one attached hydrogen (secondary N) is 1. The number of aromatic amines is 1. The maximum absolute atomic E-state index is 12.6. The van der Waals surface area contributed by atoms with Crippen LogP contribution in [0.1, 0.15) is 48.7 Å². The highest BCUT2D eigenvalue weighted by molar-refractivity contribution is 6.02. The van der Waals surface area contributed by atoms with Crippen LogP contribution in [0.3, 0.4) is 0 Å². The van der Waals surface area contributed by atoms with Crippen LogP contribution in [0.2, 0.25) is 0 Å². The molecule has 4 heterocycles. The van der Waals surface area contributed by atoms with Crippen LogP contribution < -0.4 is 4.90 Å². The second-order valence-electron chi connectivity index (χ2n) is 9.96. The average Bonchev–Trinajstić information content (AvgIpc) is 3.27. The Morgan fingerprint density at radius 2 is 1.78 bits per heavy atom. The normalized spacial score (nSPS) is 14.0. The van der Waals surface area contributed by atoms with Gasteiger partial charge in [0.1, 0.15) is 5.65 Å². The molecule has 1 aliphatic rings. The standard InChI is InChI=1S/C29H31N5O2/c1-18(2)27-26(25-13-22(29(36)33(3)4)16-31-28(25)32-27)21-12-20(14-30-15-21)19-7-9-23(10-8-19)34-11-5-6-24(35)17-34/h7-10,12-16,18H,5-6,11,17H2,1-4H3,(H,31,32). The molecule has 184 valence electrons. The first kappa shape index (κ1) is 23.7. The molecule has 4 aromatic rings. The molecule has 1 fully saturated rings. The van der Waals surface area contributed by atoms with Gasteiger partial charge in [0.2, 0.25) is 0 Å². The molecule has 1 amide bonds. The molecule has 1 saturated heterocycles. The summed E-state index contributed by atoms with van der Waals surface area (Å²) in [7, 11) is 3.48. The molecule has 0 spiro atoms. The molecule has 0 radical (unpaired) electrons. The third-order valence-electron chi connectivity index (χ3n) is 6.75. The second kappa shape index (κ2) is 9.57. The van der Waals surface area contributed by atoms with E-state index in [9.17, 15) is 9.59 Å². The summed E-state index contributed by atoms with van der Waals surface area (Å²) in [6.07, 6.45) is 6.95. The largest absolute Gasteiger partial charge is 0.364 e. The molecule has 0 unspecified atom stereocenters. The average molecular weight is 482 g/mol. The van der Waals surface area contributed by atoms with Gasteiger partial charge in [-0.1, -0.05) is 26.0 Å². The first-order valence-corrected chi connectivity index (χ1v) is 12.4. The SMILES string of the molecule is CC(C)c1[nH]c2ncc(C(=O)N(C)C)cc2c1-c1cncc(-c2ccc(N3CCCC(=O)C3)cc2)c1. The number of hydrogen-bond donors (Lipinski definition) is 1. The topological polar surface area (TPSA) is 82.2 Å². The Morgan fingerprint density at radius 1 is 1.03 bits per heavy atom. The summed E-state index contributed by atoms with van der Waals surface area (Å²) in [4.78, 5) is 40.8. The Bertz CT molecular complexity index is 1440. The Hall–Kier alpha value is -4.00. The minimum Gasteiger partial charge on any atom is -0.364 e. The number of carbonyl (C=O) groups excluding carboxylic acids is 2. The van der Waals surface area contributed by atoms with E-state index in [0.29, 0.717) is 24.3 Å². The molecular weight excluding hydrogens is 450 g/mol. The van der Waals surface area contributed by atoms with E-state index >= 15 is 0 Å². The molecule has 3 aromatic heterocycles. The predicted octanol–water partition coefficient (Wildman–Crippen LogP) is 5.29. The van der Waals surface area contributed by atoms with E-state index in [-0.39, 0.29) is 11.8 Å². The van der Waals surface area contributed by atoms with Crippen molar-refractivity contribution in [1.29, 1.82) is 0 Å². The monoisotopic (exact) mass is 481 g/mol. The molecule has 7 nitrogen and oxygen atoms in total. The summed E-state index contributed by atoms with van der Waals surface area (Å²) >= 11 is 0. The fourth-order valence-corrected chi connectivity index (χ4v) is 4.87. The van der Waals surface area contributed by atoms with E-state index in [1.54, 1.807) is 25.2 Å². The lowest BCUT2D eigenvalue weighted by Gasteiger charge is -2.28. The summed E-state index contributed by atoms with van der Waals surface area (Å²) in [6.45, 7) is 5.68. The van der Waals surface area contributed by atoms with Gasteiger partial charge in [0.05, 0.1) is 12.1 Å². The maximum atomic E-state index is 12.6. The fourth-order valence-electron chi connectivity index (χ4n) is 4.87. The van der Waals surface area contributed by atoms with Crippen molar-refractivity contribution in [3.63, 3.8) is 0 Å². The van der Waals surface area contributed by atoms with Crippen molar-refractivity contribution in [2.75, 3.05) is 32.1 Å². The zero-order valence-electron chi connectivity index (χ0n) is 21.2. The number of aromatic nitrogens is 3. The molecular formula is C29H31N5O2. The first-order valence-electron chi connectivity index (χ1n) is 12.4. The molecule has 0 bridgehead atoms. The van der Waals surface area contributed by atoms with Gasteiger partial charge in [-0.15, -0.1) is 0 Å². The summed E-state index contributed by atoms with van der Waals surface area (Å²) in [5.74, 6) is 0.453. The number of benzene rings is 1. The van der Waals surface area contributed by atoms with Crippen molar-refractivity contribution < 1.29 is 9.59 Å². The third-order valence-corrected chi connectivity index (χ3v) is 6.75.